The molecular formula is C26H30N4O6S. The zero-order chi connectivity index (χ0) is 26.0. The summed E-state index contributed by atoms with van der Waals surface area (Å²) in [5.74, 6) is 0.0819. The molecule has 196 valence electrons. The van der Waals surface area contributed by atoms with E-state index in [0.29, 0.717) is 29.7 Å². The van der Waals surface area contributed by atoms with Gasteiger partial charge in [0, 0.05) is 18.7 Å². The molecule has 37 heavy (non-hydrogen) atoms. The zero-order valence-electron chi connectivity index (χ0n) is 20.3. The molecule has 1 aliphatic carbocycles. The Labute approximate surface area is 214 Å². The van der Waals surface area contributed by atoms with Gasteiger partial charge < -0.3 is 4.74 Å². The van der Waals surface area contributed by atoms with Crippen molar-refractivity contribution in [2.75, 3.05) is 13.2 Å². The molecule has 2 heterocycles. The first kappa shape index (κ1) is 25.2. The number of benzene rings is 2. The summed E-state index contributed by atoms with van der Waals surface area (Å²) < 4.78 is 35.4. The monoisotopic (exact) mass is 526 g/mol. The van der Waals surface area contributed by atoms with Gasteiger partial charge in [-0.15, -0.1) is 0 Å². The number of hydrogen-bond donors (Lipinski definition) is 3. The van der Waals surface area contributed by atoms with Crippen LogP contribution in [0.5, 0.6) is 5.75 Å². The number of sulfonamides is 1. The van der Waals surface area contributed by atoms with Crippen molar-refractivity contribution in [1.29, 1.82) is 0 Å². The Balaban J connectivity index is 1.42. The highest BCUT2D eigenvalue weighted by Crippen LogP contribution is 2.33. The van der Waals surface area contributed by atoms with E-state index in [1.54, 1.807) is 42.5 Å². The van der Waals surface area contributed by atoms with Crippen LogP contribution in [-0.2, 0) is 21.2 Å². The highest BCUT2D eigenvalue weighted by atomic mass is 32.2. The van der Waals surface area contributed by atoms with E-state index in [1.807, 2.05) is 0 Å². The Kier molecular flexibility index (Phi) is 7.18. The van der Waals surface area contributed by atoms with Crippen LogP contribution in [0.2, 0.25) is 0 Å². The fraction of sp³-hybridized carbons (Fsp3) is 0.385. The molecule has 2 aliphatic rings. The van der Waals surface area contributed by atoms with E-state index in [1.165, 1.54) is 41.6 Å². The third-order valence-electron chi connectivity index (χ3n) is 7.16. The fourth-order valence-corrected chi connectivity index (χ4v) is 6.78. The van der Waals surface area contributed by atoms with E-state index in [-0.39, 0.29) is 23.4 Å². The Hall–Kier alpha value is -3.41. The van der Waals surface area contributed by atoms with Crippen molar-refractivity contribution >= 4 is 15.9 Å². The molecule has 1 amide bonds. The average molecular weight is 527 g/mol. The average Bonchev–Trinajstić information content (AvgIpc) is 3.28. The molecule has 0 radical (unpaired) electrons. The summed E-state index contributed by atoms with van der Waals surface area (Å²) in [6.07, 6.45) is 6.16. The lowest BCUT2D eigenvalue weighted by Crippen LogP contribution is -2.48. The van der Waals surface area contributed by atoms with Gasteiger partial charge >= 0.3 is 0 Å². The smallest absolute Gasteiger partial charge is 0.276 e. The van der Waals surface area contributed by atoms with Crippen LogP contribution < -0.4 is 15.8 Å². The van der Waals surface area contributed by atoms with Gasteiger partial charge in [0.15, 0.2) is 0 Å². The van der Waals surface area contributed by atoms with Crippen molar-refractivity contribution in [3.05, 3.63) is 76.2 Å². The Bertz CT molecular complexity index is 1410. The molecule has 3 aromatic rings. The number of hydrogen-bond acceptors (Lipinski definition) is 6. The third kappa shape index (κ3) is 4.94. The molecule has 0 saturated heterocycles. The molecule has 1 unspecified atom stereocenters. The predicted molar refractivity (Wildman–Crippen MR) is 135 cm³/mol. The maximum atomic E-state index is 13.6. The van der Waals surface area contributed by atoms with Gasteiger partial charge in [0.1, 0.15) is 11.8 Å². The van der Waals surface area contributed by atoms with E-state index < -0.39 is 27.5 Å². The largest absolute Gasteiger partial charge is 0.493 e. The number of nitrogens with one attached hydrogen (secondary N) is 2. The quantitative estimate of drug-likeness (QED) is 0.320. The van der Waals surface area contributed by atoms with Crippen molar-refractivity contribution in [1.82, 2.24) is 19.6 Å². The summed E-state index contributed by atoms with van der Waals surface area (Å²) in [5.41, 5.74) is 1.95. The first-order chi connectivity index (χ1) is 17.9. The normalized spacial score (nSPS) is 18.8. The number of rotatable bonds is 7. The summed E-state index contributed by atoms with van der Waals surface area (Å²) in [6, 6.07) is 13.3. The van der Waals surface area contributed by atoms with Gasteiger partial charge in [0.25, 0.3) is 11.5 Å². The first-order valence-corrected chi connectivity index (χ1v) is 13.9. The van der Waals surface area contributed by atoms with Crippen LogP contribution in [0.15, 0.2) is 64.3 Å². The molecule has 3 N–H and O–H groups in total. The van der Waals surface area contributed by atoms with E-state index in [4.69, 9.17) is 4.74 Å². The van der Waals surface area contributed by atoms with Crippen molar-refractivity contribution in [3.63, 3.8) is 0 Å². The number of aromatic nitrogens is 2. The number of aromatic amines is 1. The maximum Gasteiger partial charge on any atom is 0.276 e. The van der Waals surface area contributed by atoms with Gasteiger partial charge in [-0.1, -0.05) is 37.5 Å². The molecule has 0 bridgehead atoms. The summed E-state index contributed by atoms with van der Waals surface area (Å²) in [6.45, 7) is 0.545. The number of nitrogens with zero attached hydrogens (tertiary/aromatic N) is 2. The van der Waals surface area contributed by atoms with Crippen molar-refractivity contribution in [3.8, 4) is 11.4 Å². The van der Waals surface area contributed by atoms with Crippen LogP contribution in [0.4, 0.5) is 0 Å². The van der Waals surface area contributed by atoms with Crippen LogP contribution in [0.25, 0.3) is 5.69 Å². The van der Waals surface area contributed by atoms with Gasteiger partial charge in [-0.05, 0) is 55.2 Å². The van der Waals surface area contributed by atoms with Crippen LogP contribution in [0.3, 0.4) is 0 Å². The Morgan fingerprint density at radius 1 is 1.05 bits per heavy atom. The lowest BCUT2D eigenvalue weighted by atomic mass is 9.90. The predicted octanol–water partition coefficient (Wildman–Crippen LogP) is 2.92. The second-order valence-electron chi connectivity index (χ2n) is 9.51. The van der Waals surface area contributed by atoms with Gasteiger partial charge in [-0.3, -0.25) is 19.9 Å². The molecule has 1 aliphatic heterocycles. The lowest BCUT2D eigenvalue weighted by molar-refractivity contribution is -0.133. The van der Waals surface area contributed by atoms with Crippen LogP contribution >= 0.6 is 0 Å². The van der Waals surface area contributed by atoms with E-state index >= 15 is 0 Å². The molecule has 1 aromatic heterocycles. The number of carbonyl (C=O) groups is 1. The lowest BCUT2D eigenvalue weighted by Gasteiger charge is -2.32. The highest BCUT2D eigenvalue weighted by Gasteiger charge is 2.43. The highest BCUT2D eigenvalue weighted by molar-refractivity contribution is 7.89. The molecule has 0 spiro atoms. The maximum absolute atomic E-state index is 13.6. The summed E-state index contributed by atoms with van der Waals surface area (Å²) in [7, 11) is -4.19. The second kappa shape index (κ2) is 10.5. The second-order valence-corrected chi connectivity index (χ2v) is 11.4. The number of H-pyrrole nitrogens is 1. The third-order valence-corrected chi connectivity index (χ3v) is 9.04. The van der Waals surface area contributed by atoms with Gasteiger partial charge in [0.2, 0.25) is 10.0 Å². The molecule has 5 rings (SSSR count). The van der Waals surface area contributed by atoms with Gasteiger partial charge in [-0.25, -0.2) is 18.6 Å². The number of amides is 1. The topological polar surface area (TPSA) is 134 Å². The Morgan fingerprint density at radius 2 is 1.76 bits per heavy atom. The van der Waals surface area contributed by atoms with Crippen LogP contribution in [0, 0.1) is 5.92 Å². The minimum absolute atomic E-state index is 0.0161. The van der Waals surface area contributed by atoms with Crippen LogP contribution in [-0.4, -0.2) is 46.8 Å². The Morgan fingerprint density at radius 3 is 2.43 bits per heavy atom. The van der Waals surface area contributed by atoms with Crippen molar-refractivity contribution < 1.29 is 23.2 Å². The number of fused-ring (bicyclic) bond motifs is 1. The molecular weight excluding hydrogens is 496 g/mol. The van der Waals surface area contributed by atoms with Crippen molar-refractivity contribution in [2.24, 2.45) is 5.92 Å². The number of ether oxygens (including phenoxy) is 1. The van der Waals surface area contributed by atoms with E-state index in [0.717, 1.165) is 17.1 Å². The number of carbonyl (C=O) groups excluding carboxylic acids is 1. The minimum atomic E-state index is -4.19. The van der Waals surface area contributed by atoms with Gasteiger partial charge in [-0.2, -0.15) is 4.31 Å². The number of hydroxylamine groups is 1. The van der Waals surface area contributed by atoms with E-state index in [2.05, 4.69) is 5.10 Å². The molecule has 2 aromatic carbocycles. The number of para-hydroxylation sites is 1. The molecule has 11 heteroatoms. The summed E-state index contributed by atoms with van der Waals surface area (Å²) in [4.78, 5) is 26.1. The minimum Gasteiger partial charge on any atom is -0.493 e. The molecule has 10 nitrogen and oxygen atoms in total. The summed E-state index contributed by atoms with van der Waals surface area (Å²) in [5, 5.41) is 12.4. The van der Waals surface area contributed by atoms with Crippen molar-refractivity contribution in [2.45, 2.75) is 49.5 Å². The molecule has 1 saturated carbocycles. The van der Waals surface area contributed by atoms with Gasteiger partial charge in [0.05, 0.1) is 22.8 Å². The summed E-state index contributed by atoms with van der Waals surface area (Å²) >= 11 is 0. The standard InChI is InChI=1S/C26H30N4O6S/c31-25(28-33)24-23-22(27-30(26(23)32)19-9-5-2-6-10-19)15-16-29(24)37(34,35)21-13-11-20(12-14-21)36-17-18-7-3-1-4-8-18/h2,5-6,9-14,18,24,27,33H,1,3-4,7-8,15-17H2,(H,28,31). The van der Waals surface area contributed by atoms with Crippen LogP contribution in [0.1, 0.15) is 49.4 Å². The fourth-order valence-electron chi connectivity index (χ4n) is 5.22. The SMILES string of the molecule is O=C(NO)C1c2c([nH]n(-c3ccccc3)c2=O)CCN1S(=O)(=O)c1ccc(OCC2CCCCC2)cc1. The van der Waals surface area contributed by atoms with E-state index in [9.17, 15) is 23.2 Å². The molecule has 1 fully saturated rings. The first-order valence-electron chi connectivity index (χ1n) is 12.5. The molecule has 1 atom stereocenters. The zero-order valence-corrected chi connectivity index (χ0v) is 21.1.